The van der Waals surface area contributed by atoms with Crippen molar-refractivity contribution in [3.8, 4) is 0 Å². The second kappa shape index (κ2) is 8.58. The van der Waals surface area contributed by atoms with Crippen LogP contribution in [-0.2, 0) is 17.9 Å². The van der Waals surface area contributed by atoms with E-state index in [1.165, 1.54) is 11.1 Å². The highest BCUT2D eigenvalue weighted by molar-refractivity contribution is 9.10. The highest BCUT2D eigenvalue weighted by atomic mass is 79.9. The number of carbonyl (C=O) groups is 1. The number of halogens is 2. The molecule has 2 aromatic rings. The normalized spacial score (nSPS) is 26.1. The minimum Gasteiger partial charge on any atom is -0.380 e. The van der Waals surface area contributed by atoms with Gasteiger partial charge in [0.15, 0.2) is 0 Å². The Bertz CT molecular complexity index is 1050. The largest absolute Gasteiger partial charge is 0.380 e. The number of hydrogen-bond donors (Lipinski definition) is 2. The van der Waals surface area contributed by atoms with Crippen molar-refractivity contribution in [2.75, 3.05) is 5.32 Å². The number of amides is 1. The molecule has 0 saturated heterocycles. The zero-order valence-corrected chi connectivity index (χ0v) is 20.3. The molecule has 4 atom stereocenters. The lowest BCUT2D eigenvalue weighted by molar-refractivity contribution is -0.122. The molecule has 3 saturated carbocycles. The smallest absolute Gasteiger partial charge is 0.283 e. The molecule has 166 valence electrons. The number of benzene rings is 1. The molecule has 2 bridgehead atoms. The van der Waals surface area contributed by atoms with Crippen molar-refractivity contribution in [2.24, 2.45) is 23.2 Å². The Labute approximate surface area is 195 Å². The maximum absolute atomic E-state index is 12.8. The van der Waals surface area contributed by atoms with Crippen molar-refractivity contribution in [1.29, 1.82) is 0 Å². The molecule has 1 heterocycles. The maximum Gasteiger partial charge on any atom is 0.283 e. The van der Waals surface area contributed by atoms with E-state index >= 15 is 0 Å². The highest BCUT2D eigenvalue weighted by Gasteiger charge is 2.56. The van der Waals surface area contributed by atoms with Crippen LogP contribution in [0.1, 0.15) is 39.2 Å². The van der Waals surface area contributed by atoms with E-state index in [2.05, 4.69) is 52.4 Å². The first-order valence-corrected chi connectivity index (χ1v) is 11.9. The highest BCUT2D eigenvalue weighted by Crippen LogP contribution is 2.61. The van der Waals surface area contributed by atoms with Crippen LogP contribution in [0.15, 0.2) is 39.7 Å². The molecule has 1 amide bonds. The minimum atomic E-state index is -0.327. The molecule has 2 N–H and O–H groups in total. The van der Waals surface area contributed by atoms with Crippen LogP contribution in [0.4, 0.5) is 5.69 Å². The fourth-order valence-electron chi connectivity index (χ4n) is 5.25. The maximum atomic E-state index is 12.8. The predicted octanol–water partition coefficient (Wildman–Crippen LogP) is 4.46. The summed E-state index contributed by atoms with van der Waals surface area (Å²) in [6.07, 6.45) is 4.03. The van der Waals surface area contributed by atoms with E-state index in [-0.39, 0.29) is 18.0 Å². The van der Waals surface area contributed by atoms with Crippen molar-refractivity contribution in [3.05, 3.63) is 55.9 Å². The summed E-state index contributed by atoms with van der Waals surface area (Å²) in [4.78, 5) is 25.1. The van der Waals surface area contributed by atoms with E-state index in [0.717, 1.165) is 17.9 Å². The molecule has 31 heavy (non-hydrogen) atoms. The minimum absolute atomic E-state index is 0.152. The average molecular weight is 508 g/mol. The Morgan fingerprint density at radius 3 is 2.74 bits per heavy atom. The number of aromatic nitrogens is 2. The third kappa shape index (κ3) is 4.27. The average Bonchev–Trinajstić information content (AvgIpc) is 2.73. The molecule has 0 aliphatic heterocycles. The molecular formula is C23H28BrClN4O2. The Hall–Kier alpha value is -1.86. The second-order valence-corrected chi connectivity index (χ2v) is 10.6. The van der Waals surface area contributed by atoms with Gasteiger partial charge in [-0.25, -0.2) is 4.68 Å². The lowest BCUT2D eigenvalue weighted by Crippen LogP contribution is -2.58. The van der Waals surface area contributed by atoms with Crippen LogP contribution >= 0.6 is 27.5 Å². The zero-order chi connectivity index (χ0) is 22.3. The van der Waals surface area contributed by atoms with E-state index in [0.29, 0.717) is 45.0 Å². The Balaban J connectivity index is 1.39. The van der Waals surface area contributed by atoms with Crippen molar-refractivity contribution >= 4 is 39.1 Å². The van der Waals surface area contributed by atoms with Crippen LogP contribution in [0.25, 0.3) is 0 Å². The molecule has 8 heteroatoms. The third-order valence-corrected chi connectivity index (χ3v) is 8.54. The number of anilines is 1. The standard InChI is InChI=1S/C23H28BrClN4O2/c1-13-16-8-15(23(16,2)3)9-18(13)28-19-11-27-29(22(31)21(19)24)12-20(30)26-10-14-6-4-5-7-17(14)25/h4-7,11,13,15-16,18,28H,8-10,12H2,1-3H3,(H,26,30)/t13-,15+,16-,18-/m1/s1. The molecular weight excluding hydrogens is 480 g/mol. The molecule has 3 fully saturated rings. The van der Waals surface area contributed by atoms with Crippen molar-refractivity contribution in [1.82, 2.24) is 15.1 Å². The van der Waals surface area contributed by atoms with Gasteiger partial charge in [-0.15, -0.1) is 0 Å². The number of nitrogens with one attached hydrogen (secondary N) is 2. The van der Waals surface area contributed by atoms with Crippen molar-refractivity contribution < 1.29 is 4.79 Å². The van der Waals surface area contributed by atoms with E-state index < -0.39 is 0 Å². The first-order valence-electron chi connectivity index (χ1n) is 10.7. The van der Waals surface area contributed by atoms with Gasteiger partial charge in [0.05, 0.1) is 11.9 Å². The first kappa shape index (κ1) is 22.3. The van der Waals surface area contributed by atoms with Gasteiger partial charge < -0.3 is 10.6 Å². The Morgan fingerprint density at radius 2 is 2.06 bits per heavy atom. The van der Waals surface area contributed by atoms with Gasteiger partial charge in [0.25, 0.3) is 5.56 Å². The Morgan fingerprint density at radius 1 is 1.32 bits per heavy atom. The quantitative estimate of drug-likeness (QED) is 0.605. The Kier molecular flexibility index (Phi) is 6.19. The van der Waals surface area contributed by atoms with Crippen LogP contribution < -0.4 is 16.2 Å². The molecule has 5 rings (SSSR count). The summed E-state index contributed by atoms with van der Waals surface area (Å²) in [6, 6.07) is 7.64. The van der Waals surface area contributed by atoms with Crippen LogP contribution in [-0.4, -0.2) is 21.7 Å². The first-order chi connectivity index (χ1) is 14.7. The van der Waals surface area contributed by atoms with E-state index in [1.54, 1.807) is 12.3 Å². The molecule has 0 radical (unpaired) electrons. The fourth-order valence-corrected chi connectivity index (χ4v) is 5.87. The summed E-state index contributed by atoms with van der Waals surface area (Å²) < 4.78 is 1.58. The molecule has 6 nitrogen and oxygen atoms in total. The van der Waals surface area contributed by atoms with E-state index in [9.17, 15) is 9.59 Å². The molecule has 1 aromatic heterocycles. The number of carbonyl (C=O) groups excluding carboxylic acids is 1. The van der Waals surface area contributed by atoms with Gasteiger partial charge in [-0.2, -0.15) is 5.10 Å². The fraction of sp³-hybridized carbons (Fsp3) is 0.522. The number of hydrogen-bond acceptors (Lipinski definition) is 4. The van der Waals surface area contributed by atoms with Crippen LogP contribution in [0.5, 0.6) is 0 Å². The molecule has 0 spiro atoms. The summed E-state index contributed by atoms with van der Waals surface area (Å²) in [7, 11) is 0. The van der Waals surface area contributed by atoms with Crippen LogP contribution in [0.3, 0.4) is 0 Å². The lowest BCUT2D eigenvalue weighted by atomic mass is 9.45. The zero-order valence-electron chi connectivity index (χ0n) is 18.0. The molecule has 3 aliphatic carbocycles. The van der Waals surface area contributed by atoms with E-state index in [1.807, 2.05) is 18.2 Å². The van der Waals surface area contributed by atoms with Gasteiger partial charge >= 0.3 is 0 Å². The number of rotatable bonds is 6. The number of fused-ring (bicyclic) bond motifs is 2. The van der Waals surface area contributed by atoms with Crippen LogP contribution in [0.2, 0.25) is 5.02 Å². The SMILES string of the molecule is C[C@@H]1[C@H]2C[C@@H](C[C@H]1Nc1cnn(CC(=O)NCc3ccccc3Cl)c(=O)c1Br)C2(C)C. The lowest BCUT2D eigenvalue weighted by Gasteiger charge is -2.62. The predicted molar refractivity (Wildman–Crippen MR) is 126 cm³/mol. The topological polar surface area (TPSA) is 76.0 Å². The second-order valence-electron chi connectivity index (χ2n) is 9.41. The summed E-state index contributed by atoms with van der Waals surface area (Å²) in [5.74, 6) is 1.66. The monoisotopic (exact) mass is 506 g/mol. The van der Waals surface area contributed by atoms with E-state index in [4.69, 9.17) is 11.6 Å². The van der Waals surface area contributed by atoms with Crippen LogP contribution in [0, 0.1) is 23.2 Å². The van der Waals surface area contributed by atoms with Gasteiger partial charge in [0, 0.05) is 17.6 Å². The molecule has 0 unspecified atom stereocenters. The summed E-state index contributed by atoms with van der Waals surface area (Å²) in [5, 5.41) is 11.1. The third-order valence-electron chi connectivity index (χ3n) is 7.41. The van der Waals surface area contributed by atoms with Gasteiger partial charge in [0.1, 0.15) is 11.0 Å². The van der Waals surface area contributed by atoms with Crippen molar-refractivity contribution in [3.63, 3.8) is 0 Å². The van der Waals surface area contributed by atoms with Gasteiger partial charge in [-0.1, -0.05) is 50.6 Å². The number of nitrogens with zero attached hydrogens (tertiary/aromatic N) is 2. The summed E-state index contributed by atoms with van der Waals surface area (Å²) >= 11 is 9.53. The molecule has 1 aromatic carbocycles. The van der Waals surface area contributed by atoms with Gasteiger partial charge in [-0.05, 0) is 63.6 Å². The van der Waals surface area contributed by atoms with Crippen molar-refractivity contribution in [2.45, 2.75) is 52.7 Å². The van der Waals surface area contributed by atoms with Gasteiger partial charge in [0.2, 0.25) is 5.91 Å². The molecule has 3 aliphatic rings. The van der Waals surface area contributed by atoms with Gasteiger partial charge in [-0.3, -0.25) is 9.59 Å². The summed E-state index contributed by atoms with van der Waals surface area (Å²) in [5.41, 5.74) is 1.59. The summed E-state index contributed by atoms with van der Waals surface area (Å²) in [6.45, 7) is 7.18.